The molecule has 0 saturated heterocycles. The first-order chi connectivity index (χ1) is 9.90. The first kappa shape index (κ1) is 15.2. The maximum absolute atomic E-state index is 11.5. The van der Waals surface area contributed by atoms with Gasteiger partial charge >= 0.3 is 11.9 Å². The fraction of sp³-hybridized carbons (Fsp3) is 0.214. The van der Waals surface area contributed by atoms with Gasteiger partial charge in [0.15, 0.2) is 23.1 Å². The minimum Gasteiger partial charge on any atom is -0.493 e. The van der Waals surface area contributed by atoms with E-state index in [0.717, 1.165) is 0 Å². The first-order valence-corrected chi connectivity index (χ1v) is 6.75. The van der Waals surface area contributed by atoms with Crippen LogP contribution >= 0.6 is 15.9 Å². The van der Waals surface area contributed by atoms with Crippen LogP contribution in [0.2, 0.25) is 0 Å². The van der Waals surface area contributed by atoms with Crippen LogP contribution in [0.25, 0.3) is 6.08 Å². The summed E-state index contributed by atoms with van der Waals surface area (Å²) in [5.41, 5.74) is 0.849. The fourth-order valence-corrected chi connectivity index (χ4v) is 2.28. The fourth-order valence-electron chi connectivity index (χ4n) is 1.74. The molecule has 0 saturated carbocycles. The Bertz CT molecular complexity index is 678. The highest BCUT2D eigenvalue weighted by Crippen LogP contribution is 2.37. The highest BCUT2D eigenvalue weighted by molar-refractivity contribution is 9.10. The molecule has 0 fully saturated rings. The second kappa shape index (κ2) is 6.09. The van der Waals surface area contributed by atoms with E-state index in [1.165, 1.54) is 14.0 Å². The van der Waals surface area contributed by atoms with Crippen molar-refractivity contribution in [2.45, 2.75) is 13.8 Å². The Balaban J connectivity index is 2.43. The van der Waals surface area contributed by atoms with Gasteiger partial charge in [0.2, 0.25) is 0 Å². The third-order valence-electron chi connectivity index (χ3n) is 2.53. The third kappa shape index (κ3) is 3.49. The molecule has 0 radical (unpaired) electrons. The highest BCUT2D eigenvalue weighted by atomic mass is 79.9. The van der Waals surface area contributed by atoms with E-state index in [0.29, 0.717) is 21.7 Å². The number of nitrogens with zero attached hydrogens (tertiary/aromatic N) is 1. The number of benzene rings is 1. The van der Waals surface area contributed by atoms with Crippen LogP contribution in [0.4, 0.5) is 0 Å². The molecule has 1 aliphatic heterocycles. The summed E-state index contributed by atoms with van der Waals surface area (Å²) < 4.78 is 15.6. The quantitative estimate of drug-likeness (QED) is 0.474. The van der Waals surface area contributed by atoms with Crippen LogP contribution in [0.5, 0.6) is 11.5 Å². The number of methoxy groups -OCH3 is 1. The monoisotopic (exact) mass is 353 g/mol. The zero-order valence-corrected chi connectivity index (χ0v) is 13.2. The Labute approximate surface area is 129 Å². The van der Waals surface area contributed by atoms with Crippen molar-refractivity contribution in [3.63, 3.8) is 0 Å². The number of esters is 2. The van der Waals surface area contributed by atoms with Gasteiger partial charge in [0.1, 0.15) is 0 Å². The Hall–Kier alpha value is -2.15. The van der Waals surface area contributed by atoms with Crippen molar-refractivity contribution in [2.75, 3.05) is 7.11 Å². The second-order valence-corrected chi connectivity index (χ2v) is 5.03. The van der Waals surface area contributed by atoms with Crippen LogP contribution in [0, 0.1) is 0 Å². The van der Waals surface area contributed by atoms with Gasteiger partial charge < -0.3 is 14.2 Å². The predicted octanol–water partition coefficient (Wildman–Crippen LogP) is 2.70. The lowest BCUT2D eigenvalue weighted by molar-refractivity contribution is -0.132. The van der Waals surface area contributed by atoms with E-state index in [-0.39, 0.29) is 11.4 Å². The zero-order valence-electron chi connectivity index (χ0n) is 11.6. The Kier molecular flexibility index (Phi) is 4.42. The molecule has 21 heavy (non-hydrogen) atoms. The normalized spacial score (nSPS) is 15.7. The van der Waals surface area contributed by atoms with Crippen molar-refractivity contribution in [2.24, 2.45) is 4.99 Å². The van der Waals surface area contributed by atoms with E-state index in [1.54, 1.807) is 25.1 Å². The standard InChI is InChI=1S/C14H12BrNO5/c1-7-16-11(14(18)20-7)5-9-4-10(15)13(21-8(2)17)12(6-9)19-3/h4-6H,1-3H3/b11-5+. The van der Waals surface area contributed by atoms with E-state index in [1.807, 2.05) is 0 Å². The van der Waals surface area contributed by atoms with Gasteiger partial charge in [-0.15, -0.1) is 0 Å². The molecule has 0 amide bonds. The van der Waals surface area contributed by atoms with Crippen molar-refractivity contribution in [3.8, 4) is 11.5 Å². The molecule has 1 aliphatic rings. The molecule has 1 aromatic rings. The molecule has 0 bridgehead atoms. The number of hydrogen-bond acceptors (Lipinski definition) is 6. The number of aliphatic imine (C=N–C) groups is 1. The summed E-state index contributed by atoms with van der Waals surface area (Å²) in [4.78, 5) is 26.6. The molecule has 0 atom stereocenters. The van der Waals surface area contributed by atoms with Crippen LogP contribution < -0.4 is 9.47 Å². The van der Waals surface area contributed by atoms with E-state index in [9.17, 15) is 9.59 Å². The van der Waals surface area contributed by atoms with Gasteiger partial charge in [-0.05, 0) is 39.7 Å². The molecule has 0 aromatic heterocycles. The topological polar surface area (TPSA) is 74.2 Å². The summed E-state index contributed by atoms with van der Waals surface area (Å²) in [7, 11) is 1.46. The number of ether oxygens (including phenoxy) is 3. The largest absolute Gasteiger partial charge is 0.493 e. The third-order valence-corrected chi connectivity index (χ3v) is 3.12. The number of halogens is 1. The number of carbonyl (C=O) groups is 2. The summed E-state index contributed by atoms with van der Waals surface area (Å²) in [6.07, 6.45) is 1.56. The molecule has 1 heterocycles. The molecule has 0 unspecified atom stereocenters. The average Bonchev–Trinajstić information content (AvgIpc) is 2.70. The van der Waals surface area contributed by atoms with Gasteiger partial charge in [-0.2, -0.15) is 0 Å². The van der Waals surface area contributed by atoms with Crippen LogP contribution in [-0.2, 0) is 14.3 Å². The van der Waals surface area contributed by atoms with Crippen molar-refractivity contribution < 1.29 is 23.8 Å². The summed E-state index contributed by atoms with van der Waals surface area (Å²) in [5, 5.41) is 0. The van der Waals surface area contributed by atoms with E-state index in [4.69, 9.17) is 14.2 Å². The van der Waals surface area contributed by atoms with Crippen LogP contribution in [0.1, 0.15) is 19.4 Å². The lowest BCUT2D eigenvalue weighted by atomic mass is 10.1. The average molecular weight is 354 g/mol. The second-order valence-electron chi connectivity index (χ2n) is 4.18. The van der Waals surface area contributed by atoms with Crippen molar-refractivity contribution >= 4 is 39.8 Å². The molecule has 2 rings (SSSR count). The molecule has 110 valence electrons. The van der Waals surface area contributed by atoms with E-state index >= 15 is 0 Å². The maximum Gasteiger partial charge on any atom is 0.363 e. The Morgan fingerprint density at radius 3 is 2.67 bits per heavy atom. The van der Waals surface area contributed by atoms with Gasteiger partial charge in [0, 0.05) is 13.8 Å². The number of carbonyl (C=O) groups excluding carboxylic acids is 2. The van der Waals surface area contributed by atoms with E-state index in [2.05, 4.69) is 20.9 Å². The van der Waals surface area contributed by atoms with Crippen LogP contribution in [0.15, 0.2) is 27.3 Å². The predicted molar refractivity (Wildman–Crippen MR) is 79.2 cm³/mol. The van der Waals surface area contributed by atoms with Gasteiger partial charge in [-0.1, -0.05) is 0 Å². The molecule has 7 heteroatoms. The lowest BCUT2D eigenvalue weighted by Crippen LogP contribution is -2.04. The smallest absolute Gasteiger partial charge is 0.363 e. The molecular formula is C14H12BrNO5. The SMILES string of the molecule is COc1cc(/C=C2/N=C(C)OC2=O)cc(Br)c1OC(C)=O. The molecule has 6 nitrogen and oxygen atoms in total. The minimum atomic E-state index is -0.508. The Morgan fingerprint density at radius 2 is 2.14 bits per heavy atom. The van der Waals surface area contributed by atoms with E-state index < -0.39 is 11.9 Å². The molecule has 0 aliphatic carbocycles. The molecule has 0 spiro atoms. The number of cyclic esters (lactones) is 1. The number of rotatable bonds is 3. The first-order valence-electron chi connectivity index (χ1n) is 5.96. The van der Waals surface area contributed by atoms with Crippen molar-refractivity contribution in [3.05, 3.63) is 27.9 Å². The summed E-state index contributed by atoms with van der Waals surface area (Å²) in [6.45, 7) is 2.90. The molecule has 0 N–H and O–H groups in total. The van der Waals surface area contributed by atoms with Gasteiger partial charge in [-0.3, -0.25) is 4.79 Å². The summed E-state index contributed by atoms with van der Waals surface area (Å²) >= 11 is 3.31. The number of hydrogen-bond donors (Lipinski definition) is 0. The molecule has 1 aromatic carbocycles. The van der Waals surface area contributed by atoms with Gasteiger partial charge in [-0.25, -0.2) is 9.79 Å². The summed E-state index contributed by atoms with van der Waals surface area (Å²) in [5.74, 6) is -0.0283. The Morgan fingerprint density at radius 1 is 1.43 bits per heavy atom. The van der Waals surface area contributed by atoms with Crippen LogP contribution in [0.3, 0.4) is 0 Å². The molecular weight excluding hydrogens is 342 g/mol. The summed E-state index contributed by atoms with van der Waals surface area (Å²) in [6, 6.07) is 3.32. The van der Waals surface area contributed by atoms with Crippen molar-refractivity contribution in [1.82, 2.24) is 0 Å². The van der Waals surface area contributed by atoms with Crippen molar-refractivity contribution in [1.29, 1.82) is 0 Å². The van der Waals surface area contributed by atoms with Gasteiger partial charge in [0.05, 0.1) is 11.6 Å². The zero-order chi connectivity index (χ0) is 15.6. The highest BCUT2D eigenvalue weighted by Gasteiger charge is 2.20. The minimum absolute atomic E-state index is 0.196. The van der Waals surface area contributed by atoms with Gasteiger partial charge in [0.25, 0.3) is 0 Å². The maximum atomic E-state index is 11.5. The van der Waals surface area contributed by atoms with Crippen LogP contribution in [-0.4, -0.2) is 24.9 Å². The lowest BCUT2D eigenvalue weighted by Gasteiger charge is -2.11.